The maximum absolute atomic E-state index is 10.9. The number of ether oxygens (including phenoxy) is 1. The molecule has 0 radical (unpaired) electrons. The lowest BCUT2D eigenvalue weighted by atomic mass is 10.0. The number of hydrogen-bond donors (Lipinski definition) is 1. The number of halogens is 1. The first kappa shape index (κ1) is 19.9. The molecule has 3 aromatic heterocycles. The minimum absolute atomic E-state index is 0.0196. The fourth-order valence-electron chi connectivity index (χ4n) is 3.06. The predicted octanol–water partition coefficient (Wildman–Crippen LogP) is 5.00. The molecular weight excluding hydrogens is 410 g/mol. The van der Waals surface area contributed by atoms with Gasteiger partial charge in [-0.05, 0) is 44.0 Å². The van der Waals surface area contributed by atoms with E-state index in [2.05, 4.69) is 15.1 Å². The number of carbonyl (C=O) groups is 1. The second kappa shape index (κ2) is 8.16. The summed E-state index contributed by atoms with van der Waals surface area (Å²) in [5.41, 5.74) is 2.70. The molecule has 0 atom stereocenters. The van der Waals surface area contributed by atoms with Gasteiger partial charge in [0.25, 0.3) is 5.89 Å². The average Bonchev–Trinajstić information content (AvgIpc) is 3.37. The van der Waals surface area contributed by atoms with E-state index in [0.717, 1.165) is 10.9 Å². The van der Waals surface area contributed by atoms with Gasteiger partial charge in [0, 0.05) is 23.6 Å². The van der Waals surface area contributed by atoms with Crippen LogP contribution in [0.2, 0.25) is 5.02 Å². The van der Waals surface area contributed by atoms with E-state index in [9.17, 15) is 4.79 Å². The van der Waals surface area contributed by atoms with Crippen LogP contribution in [0.25, 0.3) is 33.8 Å². The number of hydrogen-bond acceptors (Lipinski definition) is 7. The molecule has 4 rings (SSSR count). The minimum Gasteiger partial charge on any atom is -0.481 e. The number of rotatable bonds is 7. The van der Waals surface area contributed by atoms with E-state index in [4.69, 9.17) is 30.4 Å². The van der Waals surface area contributed by atoms with Crippen molar-refractivity contribution in [2.75, 3.05) is 0 Å². The quantitative estimate of drug-likeness (QED) is 0.438. The summed E-state index contributed by atoms with van der Waals surface area (Å²) in [6, 6.07) is 7.10. The lowest BCUT2D eigenvalue weighted by Gasteiger charge is -2.09. The summed E-state index contributed by atoms with van der Waals surface area (Å²) in [6.07, 6.45) is 3.45. The van der Waals surface area contributed by atoms with E-state index >= 15 is 0 Å². The summed E-state index contributed by atoms with van der Waals surface area (Å²) >= 11 is 6.25. The van der Waals surface area contributed by atoms with Crippen molar-refractivity contribution < 1.29 is 23.6 Å². The molecule has 0 fully saturated rings. The van der Waals surface area contributed by atoms with Gasteiger partial charge >= 0.3 is 5.97 Å². The maximum atomic E-state index is 10.9. The molecular formula is C21H18ClN3O5. The van der Waals surface area contributed by atoms with Gasteiger partial charge in [-0.3, -0.25) is 4.79 Å². The first-order valence-corrected chi connectivity index (χ1v) is 9.67. The van der Waals surface area contributed by atoms with Crippen molar-refractivity contribution in [1.29, 1.82) is 0 Å². The zero-order valence-corrected chi connectivity index (χ0v) is 17.0. The van der Waals surface area contributed by atoms with Crippen molar-refractivity contribution in [2.24, 2.45) is 0 Å². The molecule has 0 saturated heterocycles. The highest BCUT2D eigenvalue weighted by atomic mass is 35.5. The van der Waals surface area contributed by atoms with E-state index in [-0.39, 0.29) is 18.4 Å². The molecule has 30 heavy (non-hydrogen) atoms. The molecule has 3 heterocycles. The Balaban J connectivity index is 1.65. The molecule has 154 valence electrons. The number of carboxylic acids is 1. The molecule has 4 aromatic rings. The van der Waals surface area contributed by atoms with E-state index < -0.39 is 5.97 Å². The van der Waals surface area contributed by atoms with Crippen molar-refractivity contribution in [3.8, 4) is 28.7 Å². The SMILES string of the molecule is CC(C)Oc1ncc(-c2nc(-c3ccc(CCC(=O)O)c4occc34)no2)cc1Cl. The molecule has 0 spiro atoms. The third-order valence-electron chi connectivity index (χ3n) is 4.38. The van der Waals surface area contributed by atoms with E-state index in [1.54, 1.807) is 24.6 Å². The Hall–Kier alpha value is -3.39. The number of nitrogens with zero attached hydrogens (tertiary/aromatic N) is 3. The smallest absolute Gasteiger partial charge is 0.303 e. The summed E-state index contributed by atoms with van der Waals surface area (Å²) < 4.78 is 16.5. The highest BCUT2D eigenvalue weighted by molar-refractivity contribution is 6.32. The van der Waals surface area contributed by atoms with Gasteiger partial charge in [0.15, 0.2) is 0 Å². The fourth-order valence-corrected chi connectivity index (χ4v) is 3.27. The maximum Gasteiger partial charge on any atom is 0.303 e. The minimum atomic E-state index is -0.862. The molecule has 1 aromatic carbocycles. The van der Waals surface area contributed by atoms with Crippen LogP contribution in [0.1, 0.15) is 25.8 Å². The predicted molar refractivity (Wildman–Crippen MR) is 109 cm³/mol. The summed E-state index contributed by atoms with van der Waals surface area (Å²) in [7, 11) is 0. The van der Waals surface area contributed by atoms with Crippen LogP contribution in [0.4, 0.5) is 0 Å². The van der Waals surface area contributed by atoms with Gasteiger partial charge in [-0.15, -0.1) is 0 Å². The summed E-state index contributed by atoms with van der Waals surface area (Å²) in [6.45, 7) is 3.78. The van der Waals surface area contributed by atoms with Crippen molar-refractivity contribution in [3.05, 3.63) is 47.3 Å². The number of benzene rings is 1. The molecule has 1 N–H and O–H groups in total. The molecule has 0 aliphatic rings. The lowest BCUT2D eigenvalue weighted by molar-refractivity contribution is -0.136. The van der Waals surface area contributed by atoms with Crippen LogP contribution in [0.5, 0.6) is 5.88 Å². The number of furan rings is 1. The molecule has 0 bridgehead atoms. The molecule has 0 saturated carbocycles. The van der Waals surface area contributed by atoms with Crippen molar-refractivity contribution in [3.63, 3.8) is 0 Å². The van der Waals surface area contributed by atoms with E-state index in [0.29, 0.717) is 39.9 Å². The third-order valence-corrected chi connectivity index (χ3v) is 4.65. The lowest BCUT2D eigenvalue weighted by Crippen LogP contribution is -2.07. The highest BCUT2D eigenvalue weighted by Crippen LogP contribution is 2.33. The summed E-state index contributed by atoms with van der Waals surface area (Å²) in [4.78, 5) is 19.6. The van der Waals surface area contributed by atoms with Crippen LogP contribution in [-0.2, 0) is 11.2 Å². The Bertz CT molecular complexity index is 1210. The molecule has 0 unspecified atom stereocenters. The van der Waals surface area contributed by atoms with Crippen LogP contribution >= 0.6 is 11.6 Å². The monoisotopic (exact) mass is 427 g/mol. The first-order chi connectivity index (χ1) is 14.4. The first-order valence-electron chi connectivity index (χ1n) is 9.30. The van der Waals surface area contributed by atoms with Crippen molar-refractivity contribution in [2.45, 2.75) is 32.8 Å². The van der Waals surface area contributed by atoms with Crippen LogP contribution in [0.3, 0.4) is 0 Å². The van der Waals surface area contributed by atoms with Gasteiger partial charge in [0.1, 0.15) is 10.6 Å². The zero-order chi connectivity index (χ0) is 21.3. The Morgan fingerprint density at radius 2 is 2.13 bits per heavy atom. The van der Waals surface area contributed by atoms with Crippen molar-refractivity contribution in [1.82, 2.24) is 15.1 Å². The molecule has 0 amide bonds. The standard InChI is InChI=1S/C21H18ClN3O5/c1-11(2)29-21-16(22)9-13(10-23-21)20-24-19(25-30-20)15-5-3-12(4-6-17(26)27)18-14(15)7-8-28-18/h3,5,7-11H,4,6H2,1-2H3,(H,26,27). The number of aromatic nitrogens is 3. The van der Waals surface area contributed by atoms with E-state index in [1.807, 2.05) is 26.0 Å². The summed E-state index contributed by atoms with van der Waals surface area (Å²) in [5, 5.41) is 14.1. The van der Waals surface area contributed by atoms with Gasteiger partial charge in [0.2, 0.25) is 11.7 Å². The molecule has 9 heteroatoms. The normalized spacial score (nSPS) is 11.3. The largest absolute Gasteiger partial charge is 0.481 e. The second-order valence-electron chi connectivity index (χ2n) is 6.93. The number of aryl methyl sites for hydroxylation is 1. The third kappa shape index (κ3) is 3.99. The Labute approximate surface area is 176 Å². The molecule has 8 nitrogen and oxygen atoms in total. The van der Waals surface area contributed by atoms with Crippen molar-refractivity contribution >= 4 is 28.5 Å². The van der Waals surface area contributed by atoms with E-state index in [1.165, 1.54) is 0 Å². The number of aliphatic carboxylic acids is 1. The summed E-state index contributed by atoms with van der Waals surface area (Å²) in [5.74, 6) is 0.118. The van der Waals surface area contributed by atoms with Gasteiger partial charge in [-0.1, -0.05) is 22.8 Å². The fraction of sp³-hybridized carbons (Fsp3) is 0.238. The van der Waals surface area contributed by atoms with Crippen LogP contribution in [0, 0.1) is 0 Å². The van der Waals surface area contributed by atoms with Gasteiger partial charge in [-0.25, -0.2) is 4.98 Å². The molecule has 0 aliphatic carbocycles. The van der Waals surface area contributed by atoms with Crippen LogP contribution < -0.4 is 4.74 Å². The average molecular weight is 428 g/mol. The van der Waals surface area contributed by atoms with Gasteiger partial charge < -0.3 is 18.8 Å². The van der Waals surface area contributed by atoms with Crippen LogP contribution in [0.15, 0.2) is 45.7 Å². The highest BCUT2D eigenvalue weighted by Gasteiger charge is 2.18. The topological polar surface area (TPSA) is 111 Å². The van der Waals surface area contributed by atoms with Crippen LogP contribution in [-0.4, -0.2) is 32.3 Å². The second-order valence-corrected chi connectivity index (χ2v) is 7.34. The number of pyridine rings is 1. The zero-order valence-electron chi connectivity index (χ0n) is 16.3. The Morgan fingerprint density at radius 1 is 1.30 bits per heavy atom. The number of carboxylic acid groups (broad SMARTS) is 1. The van der Waals surface area contributed by atoms with Gasteiger partial charge in [-0.2, -0.15) is 4.98 Å². The van der Waals surface area contributed by atoms with Gasteiger partial charge in [0.05, 0.1) is 17.9 Å². The molecule has 0 aliphatic heterocycles. The Kier molecular flexibility index (Phi) is 5.41. The Morgan fingerprint density at radius 3 is 2.87 bits per heavy atom. The number of fused-ring (bicyclic) bond motifs is 1.